The third kappa shape index (κ3) is 5.48. The van der Waals surface area contributed by atoms with Gasteiger partial charge in [0.05, 0.1) is 5.41 Å². The Morgan fingerprint density at radius 1 is 0.230 bits per heavy atom. The lowest BCUT2D eigenvalue weighted by Gasteiger charge is -2.35. The Bertz CT molecular complexity index is 3150. The predicted octanol–water partition coefficient (Wildman–Crippen LogP) is 14.2. The van der Waals surface area contributed by atoms with E-state index >= 15 is 0 Å². The molecule has 9 aromatic carbocycles. The Morgan fingerprint density at radius 3 is 1.10 bits per heavy atom. The molecule has 0 N–H and O–H groups in total. The maximum atomic E-state index is 5.42. The molecule has 0 bridgehead atoms. The van der Waals surface area contributed by atoms with Gasteiger partial charge in [-0.2, -0.15) is 0 Å². The van der Waals surface area contributed by atoms with E-state index in [1.165, 1.54) is 50.1 Å². The zero-order chi connectivity index (χ0) is 40.3. The van der Waals surface area contributed by atoms with E-state index in [2.05, 4.69) is 212 Å². The fraction of sp³-hybridized carbons (Fsp3) is 0.0172. The molecule has 1 aromatic heterocycles. The minimum atomic E-state index is -0.610. The fourth-order valence-electron chi connectivity index (χ4n) is 9.97. The number of hydrogen-bond acceptors (Lipinski definition) is 3. The predicted molar refractivity (Wildman–Crippen MR) is 249 cm³/mol. The van der Waals surface area contributed by atoms with Crippen LogP contribution in [0, 0.1) is 0 Å². The summed E-state index contributed by atoms with van der Waals surface area (Å²) in [4.78, 5) is 16.1. The van der Waals surface area contributed by atoms with Crippen molar-refractivity contribution in [2.24, 2.45) is 0 Å². The normalized spacial score (nSPS) is 12.7. The summed E-state index contributed by atoms with van der Waals surface area (Å²) in [6.45, 7) is 0. The second-order valence-corrected chi connectivity index (χ2v) is 15.9. The van der Waals surface area contributed by atoms with Gasteiger partial charge in [0, 0.05) is 16.7 Å². The topological polar surface area (TPSA) is 38.7 Å². The summed E-state index contributed by atoms with van der Waals surface area (Å²) in [7, 11) is 0. The molecule has 2 aliphatic carbocycles. The smallest absolute Gasteiger partial charge is 0.164 e. The summed E-state index contributed by atoms with van der Waals surface area (Å²) in [5.74, 6) is 1.89. The number of fused-ring (bicyclic) bond motifs is 12. The molecule has 0 unspecified atom stereocenters. The van der Waals surface area contributed by atoms with Crippen LogP contribution in [0.2, 0.25) is 0 Å². The Hall–Kier alpha value is -8.01. The second kappa shape index (κ2) is 14.1. The Kier molecular flexibility index (Phi) is 8.07. The van der Waals surface area contributed by atoms with Crippen molar-refractivity contribution in [3.8, 4) is 89.8 Å². The molecule has 1 heterocycles. The zero-order valence-electron chi connectivity index (χ0n) is 33.2. The van der Waals surface area contributed by atoms with Crippen molar-refractivity contribution >= 4 is 0 Å². The summed E-state index contributed by atoms with van der Waals surface area (Å²) in [5, 5.41) is 0. The van der Waals surface area contributed by atoms with Gasteiger partial charge in [0.2, 0.25) is 0 Å². The van der Waals surface area contributed by atoms with Gasteiger partial charge in [0.25, 0.3) is 0 Å². The van der Waals surface area contributed by atoms with E-state index in [4.69, 9.17) is 15.0 Å². The lowest BCUT2D eigenvalue weighted by Crippen LogP contribution is -2.29. The number of rotatable bonds is 5. The Labute approximate surface area is 355 Å². The standard InChI is InChI=1S/C58H37N3/c1-3-18-38(19-4-1)40-22-15-24-42(36-40)55-59-56(43-25-16-23-41(37-43)39-20-5-2-6-21-39)61-57(60-55)49-31-17-35-53-54(49)48-30-11-14-34-52(48)58(53)50-32-12-9-28-46(50)44-26-7-8-27-45(44)47-29-10-13-33-51(47)58/h1-37H. The number of benzene rings is 9. The first-order valence-corrected chi connectivity index (χ1v) is 20.9. The molecular weight excluding hydrogens is 739 g/mol. The fourth-order valence-corrected chi connectivity index (χ4v) is 9.97. The number of hydrogen-bond donors (Lipinski definition) is 0. The van der Waals surface area contributed by atoms with E-state index in [1.807, 2.05) is 12.1 Å². The SMILES string of the molecule is c1ccc(-c2cccc(-c3nc(-c4cccc(-c5ccccc5)c4)nc(-c4cccc5c4-c4ccccc4C54c5ccccc5-c5ccccc5-c5ccccc54)n3)c2)cc1. The van der Waals surface area contributed by atoms with Crippen LogP contribution in [-0.4, -0.2) is 15.0 Å². The van der Waals surface area contributed by atoms with Gasteiger partial charge in [-0.1, -0.05) is 212 Å². The summed E-state index contributed by atoms with van der Waals surface area (Å²) in [6.07, 6.45) is 0. The molecule has 0 saturated heterocycles. The van der Waals surface area contributed by atoms with Crippen molar-refractivity contribution < 1.29 is 0 Å². The lowest BCUT2D eigenvalue weighted by molar-refractivity contribution is 0.775. The van der Waals surface area contributed by atoms with Crippen molar-refractivity contribution in [3.05, 3.63) is 247 Å². The van der Waals surface area contributed by atoms with Gasteiger partial charge >= 0.3 is 0 Å². The van der Waals surface area contributed by atoms with Crippen LogP contribution in [0.25, 0.3) is 89.8 Å². The highest BCUT2D eigenvalue weighted by atomic mass is 15.0. The van der Waals surface area contributed by atoms with E-state index in [9.17, 15) is 0 Å². The molecule has 284 valence electrons. The van der Waals surface area contributed by atoms with Gasteiger partial charge < -0.3 is 0 Å². The van der Waals surface area contributed by atoms with Crippen LogP contribution in [0.15, 0.2) is 224 Å². The van der Waals surface area contributed by atoms with Crippen molar-refractivity contribution in [2.45, 2.75) is 5.41 Å². The van der Waals surface area contributed by atoms with E-state index in [0.717, 1.165) is 44.5 Å². The van der Waals surface area contributed by atoms with Gasteiger partial charge in [0.15, 0.2) is 17.5 Å². The maximum Gasteiger partial charge on any atom is 0.164 e. The highest BCUT2D eigenvalue weighted by molar-refractivity contribution is 6.00. The number of nitrogens with zero attached hydrogens (tertiary/aromatic N) is 3. The molecule has 2 aliphatic rings. The zero-order valence-corrected chi connectivity index (χ0v) is 33.2. The van der Waals surface area contributed by atoms with E-state index in [1.54, 1.807) is 0 Å². The van der Waals surface area contributed by atoms with Gasteiger partial charge in [-0.25, -0.2) is 15.0 Å². The van der Waals surface area contributed by atoms with Crippen LogP contribution in [0.5, 0.6) is 0 Å². The summed E-state index contributed by atoms with van der Waals surface area (Å²) in [6, 6.07) is 80.6. The highest BCUT2D eigenvalue weighted by Crippen LogP contribution is 2.62. The minimum Gasteiger partial charge on any atom is -0.208 e. The van der Waals surface area contributed by atoms with Crippen LogP contribution in [-0.2, 0) is 5.41 Å². The first-order chi connectivity index (χ1) is 30.3. The highest BCUT2D eigenvalue weighted by Gasteiger charge is 2.50. The van der Waals surface area contributed by atoms with Crippen molar-refractivity contribution in [2.75, 3.05) is 0 Å². The minimum absolute atomic E-state index is 0.610. The maximum absolute atomic E-state index is 5.42. The Balaban J connectivity index is 1.14. The van der Waals surface area contributed by atoms with Crippen LogP contribution < -0.4 is 0 Å². The summed E-state index contributed by atoms with van der Waals surface area (Å²) >= 11 is 0. The van der Waals surface area contributed by atoms with Crippen LogP contribution in [0.3, 0.4) is 0 Å². The molecular formula is C58H37N3. The average Bonchev–Trinajstić information content (AvgIpc) is 3.59. The average molecular weight is 776 g/mol. The van der Waals surface area contributed by atoms with Gasteiger partial charge in [-0.3, -0.25) is 0 Å². The molecule has 0 saturated carbocycles. The van der Waals surface area contributed by atoms with Crippen molar-refractivity contribution in [3.63, 3.8) is 0 Å². The first-order valence-electron chi connectivity index (χ1n) is 20.9. The first kappa shape index (κ1) is 35.0. The largest absolute Gasteiger partial charge is 0.208 e. The monoisotopic (exact) mass is 775 g/mol. The van der Waals surface area contributed by atoms with Gasteiger partial charge in [-0.15, -0.1) is 0 Å². The Morgan fingerprint density at radius 2 is 0.574 bits per heavy atom. The van der Waals surface area contributed by atoms with Crippen molar-refractivity contribution in [1.82, 2.24) is 15.0 Å². The van der Waals surface area contributed by atoms with E-state index in [0.29, 0.717) is 17.5 Å². The molecule has 3 nitrogen and oxygen atoms in total. The molecule has 0 radical (unpaired) electrons. The third-order valence-corrected chi connectivity index (χ3v) is 12.6. The third-order valence-electron chi connectivity index (χ3n) is 12.6. The van der Waals surface area contributed by atoms with Crippen LogP contribution in [0.4, 0.5) is 0 Å². The summed E-state index contributed by atoms with van der Waals surface area (Å²) in [5.41, 5.74) is 19.0. The molecule has 1 spiro atoms. The number of aromatic nitrogens is 3. The molecule has 0 atom stereocenters. The van der Waals surface area contributed by atoms with E-state index < -0.39 is 5.41 Å². The molecule has 0 amide bonds. The summed E-state index contributed by atoms with van der Waals surface area (Å²) < 4.78 is 0. The molecule has 10 aromatic rings. The molecule has 3 heteroatoms. The molecule has 0 fully saturated rings. The lowest BCUT2D eigenvalue weighted by atomic mass is 9.66. The van der Waals surface area contributed by atoms with Gasteiger partial charge in [0.1, 0.15) is 0 Å². The molecule has 61 heavy (non-hydrogen) atoms. The van der Waals surface area contributed by atoms with Crippen LogP contribution in [0.1, 0.15) is 22.3 Å². The second-order valence-electron chi connectivity index (χ2n) is 15.9. The van der Waals surface area contributed by atoms with Crippen molar-refractivity contribution in [1.29, 1.82) is 0 Å². The molecule has 0 aliphatic heterocycles. The quantitative estimate of drug-likeness (QED) is 0.175. The van der Waals surface area contributed by atoms with Gasteiger partial charge in [-0.05, 0) is 90.0 Å². The molecule has 12 rings (SSSR count). The van der Waals surface area contributed by atoms with E-state index in [-0.39, 0.29) is 0 Å². The van der Waals surface area contributed by atoms with Crippen LogP contribution >= 0.6 is 0 Å².